The van der Waals surface area contributed by atoms with Crippen molar-refractivity contribution >= 4 is 50.6 Å². The van der Waals surface area contributed by atoms with Gasteiger partial charge in [0.15, 0.2) is 5.78 Å². The lowest BCUT2D eigenvalue weighted by atomic mass is 9.91. The Labute approximate surface area is 218 Å². The zero-order valence-electron chi connectivity index (χ0n) is 21.5. The number of Topliss-reactive ketones (excluding diaryl/α,β-unsaturated/α-hetero) is 1. The average Bonchev–Trinajstić information content (AvgIpc) is 3.21. The number of hydrogen-bond donors (Lipinski definition) is 1. The van der Waals surface area contributed by atoms with Gasteiger partial charge < -0.3 is 10.2 Å². The van der Waals surface area contributed by atoms with Crippen LogP contribution in [0.25, 0.3) is 10.2 Å². The number of likely N-dealkylation sites (N-methyl/N-ethyl adjacent to an activating group) is 1. The second-order valence-electron chi connectivity index (χ2n) is 9.39. The number of rotatable bonds is 15. The molecule has 1 N–H and O–H groups in total. The molecule has 0 bridgehead atoms. The van der Waals surface area contributed by atoms with Crippen molar-refractivity contribution in [3.63, 3.8) is 0 Å². The molecule has 192 valence electrons. The number of fused-ring (bicyclic) bond motifs is 1. The second kappa shape index (κ2) is 14.5. The third-order valence-corrected chi connectivity index (χ3v) is 7.47. The molecule has 0 spiro atoms. The van der Waals surface area contributed by atoms with Gasteiger partial charge in [-0.2, -0.15) is 0 Å². The fraction of sp³-hybridized carbons (Fsp3) is 0.556. The predicted molar refractivity (Wildman–Crippen MR) is 145 cm³/mol. The maximum Gasteiger partial charge on any atom is 0.224 e. The number of carbonyl (C=O) groups excluding carboxylic acids is 3. The van der Waals surface area contributed by atoms with Crippen molar-refractivity contribution in [3.05, 3.63) is 40.4 Å². The van der Waals surface area contributed by atoms with Gasteiger partial charge in [-0.25, -0.2) is 4.98 Å². The topological polar surface area (TPSA) is 79.4 Å². The summed E-state index contributed by atoms with van der Waals surface area (Å²) in [5.41, 5.74) is 0.841. The normalized spacial score (nSPS) is 14.4. The molecular formula is C27H38ClN3O3S. The van der Waals surface area contributed by atoms with E-state index < -0.39 is 5.92 Å². The van der Waals surface area contributed by atoms with Crippen molar-refractivity contribution < 1.29 is 14.4 Å². The summed E-state index contributed by atoms with van der Waals surface area (Å²) in [5, 5.41) is 4.63. The Morgan fingerprint density at radius 3 is 2.63 bits per heavy atom. The minimum Gasteiger partial charge on any atom is -0.353 e. The number of halogens is 1. The van der Waals surface area contributed by atoms with Gasteiger partial charge in [0.25, 0.3) is 0 Å². The Kier molecular flexibility index (Phi) is 12.0. The van der Waals surface area contributed by atoms with Crippen LogP contribution in [0.5, 0.6) is 0 Å². The standard InChI is InChI=1S/C27H38ClN3O3S/c1-6-18(3)23(13-11-22(33)9-8-14-31(4)5)30-27(34)19(15-21(32)7-2)16-26-29-24-12-10-20(28)17-25(24)35-26/h8-10,12,17-19,23H,6-7,11,13-16H2,1-5H3,(H,30,34)/b9-8+/t18-,19-,23+/m0/s1. The molecule has 0 aliphatic heterocycles. The summed E-state index contributed by atoms with van der Waals surface area (Å²) in [6.07, 6.45) is 6.27. The molecule has 0 saturated carbocycles. The van der Waals surface area contributed by atoms with E-state index in [0.29, 0.717) is 37.3 Å². The highest BCUT2D eigenvalue weighted by Crippen LogP contribution is 2.28. The fourth-order valence-corrected chi connectivity index (χ4v) is 5.10. The summed E-state index contributed by atoms with van der Waals surface area (Å²) in [5.74, 6) is -0.328. The quantitative estimate of drug-likeness (QED) is 0.315. The third-order valence-electron chi connectivity index (χ3n) is 6.19. The van der Waals surface area contributed by atoms with Gasteiger partial charge in [-0.3, -0.25) is 14.4 Å². The molecule has 2 aromatic rings. The smallest absolute Gasteiger partial charge is 0.224 e. The third kappa shape index (κ3) is 9.82. The Morgan fingerprint density at radius 2 is 1.97 bits per heavy atom. The number of ketones is 2. The van der Waals surface area contributed by atoms with Gasteiger partial charge in [0.2, 0.25) is 5.91 Å². The molecule has 1 aromatic carbocycles. The van der Waals surface area contributed by atoms with Gasteiger partial charge in [-0.05, 0) is 50.7 Å². The van der Waals surface area contributed by atoms with E-state index in [-0.39, 0.29) is 35.9 Å². The lowest BCUT2D eigenvalue weighted by molar-refractivity contribution is -0.130. The summed E-state index contributed by atoms with van der Waals surface area (Å²) in [6.45, 7) is 6.69. The van der Waals surface area contributed by atoms with Gasteiger partial charge in [0.05, 0.1) is 21.1 Å². The summed E-state index contributed by atoms with van der Waals surface area (Å²) in [6, 6.07) is 5.40. The molecule has 0 aliphatic carbocycles. The van der Waals surface area contributed by atoms with Crippen molar-refractivity contribution in [2.75, 3.05) is 20.6 Å². The number of thiazole rings is 1. The molecule has 8 heteroatoms. The zero-order valence-corrected chi connectivity index (χ0v) is 23.0. The first-order valence-corrected chi connectivity index (χ1v) is 13.5. The number of hydrogen-bond acceptors (Lipinski definition) is 6. The van der Waals surface area contributed by atoms with Crippen LogP contribution in [0.15, 0.2) is 30.4 Å². The Hall–Kier alpha value is -2.09. The van der Waals surface area contributed by atoms with Crippen molar-refractivity contribution in [1.29, 1.82) is 0 Å². The van der Waals surface area contributed by atoms with Crippen LogP contribution >= 0.6 is 22.9 Å². The number of amides is 1. The average molecular weight is 520 g/mol. The molecule has 3 atom stereocenters. The van der Waals surface area contributed by atoms with E-state index in [4.69, 9.17) is 11.6 Å². The van der Waals surface area contributed by atoms with Gasteiger partial charge in [-0.1, -0.05) is 44.9 Å². The Bertz CT molecular complexity index is 1030. The largest absolute Gasteiger partial charge is 0.353 e. The molecule has 0 aliphatic rings. The lowest BCUT2D eigenvalue weighted by Gasteiger charge is -2.26. The van der Waals surface area contributed by atoms with E-state index in [9.17, 15) is 14.4 Å². The van der Waals surface area contributed by atoms with Gasteiger partial charge in [0.1, 0.15) is 5.78 Å². The summed E-state index contributed by atoms with van der Waals surface area (Å²) in [4.78, 5) is 44.6. The van der Waals surface area contributed by atoms with E-state index in [0.717, 1.165) is 21.6 Å². The fourth-order valence-electron chi connectivity index (χ4n) is 3.78. The molecule has 0 radical (unpaired) electrons. The Morgan fingerprint density at radius 1 is 1.23 bits per heavy atom. The van der Waals surface area contributed by atoms with Crippen LogP contribution in [0.2, 0.25) is 5.02 Å². The first kappa shape index (κ1) is 29.1. The van der Waals surface area contributed by atoms with Gasteiger partial charge >= 0.3 is 0 Å². The molecule has 1 amide bonds. The summed E-state index contributed by atoms with van der Waals surface area (Å²) in [7, 11) is 3.90. The van der Waals surface area contributed by atoms with Crippen molar-refractivity contribution in [2.45, 2.75) is 65.3 Å². The molecule has 0 unspecified atom stereocenters. The van der Waals surface area contributed by atoms with E-state index in [1.807, 2.05) is 44.1 Å². The van der Waals surface area contributed by atoms with E-state index >= 15 is 0 Å². The van der Waals surface area contributed by atoms with Crippen LogP contribution in [0.1, 0.15) is 57.9 Å². The maximum absolute atomic E-state index is 13.4. The minimum absolute atomic E-state index is 0.0515. The van der Waals surface area contributed by atoms with Crippen LogP contribution in [-0.2, 0) is 20.8 Å². The number of aromatic nitrogens is 1. The molecule has 0 fully saturated rings. The molecule has 1 heterocycles. The Balaban J connectivity index is 2.11. The number of carbonyl (C=O) groups is 3. The van der Waals surface area contributed by atoms with E-state index in [1.165, 1.54) is 11.3 Å². The van der Waals surface area contributed by atoms with Crippen LogP contribution in [-0.4, -0.2) is 54.0 Å². The van der Waals surface area contributed by atoms with E-state index in [2.05, 4.69) is 24.1 Å². The summed E-state index contributed by atoms with van der Waals surface area (Å²) < 4.78 is 0.965. The van der Waals surface area contributed by atoms with Gasteiger partial charge in [-0.15, -0.1) is 11.3 Å². The predicted octanol–water partition coefficient (Wildman–Crippen LogP) is 5.48. The number of allylic oxidation sites excluding steroid dienone is 1. The zero-order chi connectivity index (χ0) is 26.0. The van der Waals surface area contributed by atoms with Crippen LogP contribution < -0.4 is 5.32 Å². The highest BCUT2D eigenvalue weighted by Gasteiger charge is 2.27. The number of nitrogens with zero attached hydrogens (tertiary/aromatic N) is 2. The monoisotopic (exact) mass is 519 g/mol. The first-order chi connectivity index (χ1) is 16.6. The molecular weight excluding hydrogens is 482 g/mol. The molecule has 1 aromatic heterocycles. The maximum atomic E-state index is 13.4. The number of benzene rings is 1. The van der Waals surface area contributed by atoms with Crippen LogP contribution in [0.3, 0.4) is 0 Å². The molecule has 0 saturated heterocycles. The minimum atomic E-state index is -0.499. The van der Waals surface area contributed by atoms with Crippen molar-refractivity contribution in [2.24, 2.45) is 11.8 Å². The molecule has 2 rings (SSSR count). The molecule has 35 heavy (non-hydrogen) atoms. The highest BCUT2D eigenvalue weighted by atomic mass is 35.5. The number of nitrogens with one attached hydrogen (secondary N) is 1. The van der Waals surface area contributed by atoms with Crippen molar-refractivity contribution in [1.82, 2.24) is 15.2 Å². The van der Waals surface area contributed by atoms with Crippen LogP contribution in [0.4, 0.5) is 0 Å². The highest BCUT2D eigenvalue weighted by molar-refractivity contribution is 7.18. The SMILES string of the molecule is CCC(=O)C[C@@H](Cc1nc2ccc(Cl)cc2s1)C(=O)N[C@H](CCC(=O)/C=C/CN(C)C)[C@@H](C)CC. The first-order valence-electron chi connectivity index (χ1n) is 12.3. The second-order valence-corrected chi connectivity index (χ2v) is 10.9. The molecule has 6 nitrogen and oxygen atoms in total. The van der Waals surface area contributed by atoms with E-state index in [1.54, 1.807) is 12.1 Å². The summed E-state index contributed by atoms with van der Waals surface area (Å²) >= 11 is 7.61. The van der Waals surface area contributed by atoms with Crippen LogP contribution in [0, 0.1) is 11.8 Å². The lowest BCUT2D eigenvalue weighted by Crippen LogP contribution is -2.43. The van der Waals surface area contributed by atoms with Gasteiger partial charge in [0, 0.05) is 43.3 Å². The van der Waals surface area contributed by atoms with Crippen molar-refractivity contribution in [3.8, 4) is 0 Å².